The van der Waals surface area contributed by atoms with Crippen LogP contribution >= 0.6 is 11.3 Å². The second-order valence-corrected chi connectivity index (χ2v) is 6.64. The van der Waals surface area contributed by atoms with Crippen LogP contribution in [0.5, 0.6) is 0 Å². The molecule has 0 amide bonds. The molecule has 3 heteroatoms. The molecule has 1 aromatic rings. The summed E-state index contributed by atoms with van der Waals surface area (Å²) in [7, 11) is 0. The molecule has 0 bridgehead atoms. The summed E-state index contributed by atoms with van der Waals surface area (Å²) >= 11 is 1.81. The topological polar surface area (TPSA) is 15.3 Å². The SMILES string of the molecule is CCC1CN(Cc2ccsc2)C(CC(C)C)CN1. The first-order valence-electron chi connectivity index (χ1n) is 7.17. The minimum atomic E-state index is 0.673. The van der Waals surface area contributed by atoms with E-state index in [0.29, 0.717) is 12.1 Å². The van der Waals surface area contributed by atoms with Gasteiger partial charge in [-0.25, -0.2) is 0 Å². The zero-order chi connectivity index (χ0) is 13.0. The molecule has 2 unspecified atom stereocenters. The van der Waals surface area contributed by atoms with Crippen molar-refractivity contribution in [3.05, 3.63) is 22.4 Å². The lowest BCUT2D eigenvalue weighted by molar-refractivity contribution is 0.105. The van der Waals surface area contributed by atoms with Crippen LogP contribution < -0.4 is 5.32 Å². The molecule has 1 aliphatic heterocycles. The average Bonchev–Trinajstić information content (AvgIpc) is 2.83. The molecule has 2 nitrogen and oxygen atoms in total. The summed E-state index contributed by atoms with van der Waals surface area (Å²) in [4.78, 5) is 2.69. The van der Waals surface area contributed by atoms with Gasteiger partial charge in [0.05, 0.1) is 0 Å². The lowest BCUT2D eigenvalue weighted by Crippen LogP contribution is -2.56. The number of rotatable bonds is 5. The van der Waals surface area contributed by atoms with Gasteiger partial charge in [0.2, 0.25) is 0 Å². The third kappa shape index (κ3) is 3.81. The molecule has 102 valence electrons. The molecule has 1 aliphatic rings. The van der Waals surface area contributed by atoms with Gasteiger partial charge in [0, 0.05) is 31.7 Å². The summed E-state index contributed by atoms with van der Waals surface area (Å²) in [5.74, 6) is 0.778. The molecule has 0 aromatic carbocycles. The van der Waals surface area contributed by atoms with Gasteiger partial charge in [0.15, 0.2) is 0 Å². The van der Waals surface area contributed by atoms with Crippen molar-refractivity contribution in [2.45, 2.75) is 52.2 Å². The number of piperazine rings is 1. The lowest BCUT2D eigenvalue weighted by Gasteiger charge is -2.41. The predicted molar refractivity (Wildman–Crippen MR) is 80.1 cm³/mol. The van der Waals surface area contributed by atoms with Crippen LogP contribution in [0.3, 0.4) is 0 Å². The summed E-state index contributed by atoms with van der Waals surface area (Å²) in [6.45, 7) is 10.4. The third-order valence-corrected chi connectivity index (χ3v) is 4.55. The minimum Gasteiger partial charge on any atom is -0.311 e. The maximum Gasteiger partial charge on any atom is 0.0246 e. The molecule has 2 heterocycles. The van der Waals surface area contributed by atoms with Crippen molar-refractivity contribution in [1.82, 2.24) is 10.2 Å². The highest BCUT2D eigenvalue weighted by atomic mass is 32.1. The van der Waals surface area contributed by atoms with Crippen LogP contribution in [0.15, 0.2) is 16.8 Å². The van der Waals surface area contributed by atoms with Gasteiger partial charge in [0.1, 0.15) is 0 Å². The van der Waals surface area contributed by atoms with Gasteiger partial charge >= 0.3 is 0 Å². The fourth-order valence-electron chi connectivity index (χ4n) is 2.79. The molecule has 2 rings (SSSR count). The van der Waals surface area contributed by atoms with E-state index in [1.165, 1.54) is 24.9 Å². The molecule has 0 aliphatic carbocycles. The van der Waals surface area contributed by atoms with Crippen LogP contribution in [0.2, 0.25) is 0 Å². The van der Waals surface area contributed by atoms with Gasteiger partial charge in [-0.15, -0.1) is 0 Å². The highest BCUT2D eigenvalue weighted by Crippen LogP contribution is 2.20. The van der Waals surface area contributed by atoms with Gasteiger partial charge in [-0.1, -0.05) is 20.8 Å². The van der Waals surface area contributed by atoms with E-state index in [-0.39, 0.29) is 0 Å². The number of nitrogens with zero attached hydrogens (tertiary/aromatic N) is 1. The number of hydrogen-bond donors (Lipinski definition) is 1. The summed E-state index contributed by atoms with van der Waals surface area (Å²) < 4.78 is 0. The molecule has 1 N–H and O–H groups in total. The van der Waals surface area contributed by atoms with E-state index in [1.54, 1.807) is 0 Å². The Morgan fingerprint density at radius 1 is 1.50 bits per heavy atom. The maximum absolute atomic E-state index is 3.69. The van der Waals surface area contributed by atoms with E-state index < -0.39 is 0 Å². The zero-order valence-corrected chi connectivity index (χ0v) is 12.7. The Labute approximate surface area is 115 Å². The highest BCUT2D eigenvalue weighted by molar-refractivity contribution is 7.07. The Hall–Kier alpha value is -0.380. The third-order valence-electron chi connectivity index (χ3n) is 3.82. The second kappa shape index (κ2) is 6.69. The smallest absolute Gasteiger partial charge is 0.0246 e. The molecule has 2 atom stereocenters. The molecular formula is C15H26N2S. The van der Waals surface area contributed by atoms with Crippen molar-refractivity contribution < 1.29 is 0 Å². The van der Waals surface area contributed by atoms with Crippen LogP contribution in [-0.4, -0.2) is 30.1 Å². The van der Waals surface area contributed by atoms with Crippen LogP contribution in [0.1, 0.15) is 39.2 Å². The number of nitrogens with one attached hydrogen (secondary N) is 1. The molecule has 1 fully saturated rings. The van der Waals surface area contributed by atoms with Crippen LogP contribution in [0.25, 0.3) is 0 Å². The molecule has 0 radical (unpaired) electrons. The van der Waals surface area contributed by atoms with Gasteiger partial charge in [-0.2, -0.15) is 11.3 Å². The first-order valence-corrected chi connectivity index (χ1v) is 8.11. The first-order chi connectivity index (χ1) is 8.69. The van der Waals surface area contributed by atoms with Crippen molar-refractivity contribution in [2.75, 3.05) is 13.1 Å². The van der Waals surface area contributed by atoms with Crippen molar-refractivity contribution in [1.29, 1.82) is 0 Å². The fraction of sp³-hybridized carbons (Fsp3) is 0.733. The Bertz CT molecular complexity index is 334. The van der Waals surface area contributed by atoms with Gasteiger partial charge < -0.3 is 5.32 Å². The molecule has 1 aromatic heterocycles. The molecule has 1 saturated heterocycles. The highest BCUT2D eigenvalue weighted by Gasteiger charge is 2.27. The van der Waals surface area contributed by atoms with E-state index in [0.717, 1.165) is 19.0 Å². The maximum atomic E-state index is 3.69. The lowest BCUT2D eigenvalue weighted by atomic mass is 9.98. The van der Waals surface area contributed by atoms with E-state index in [9.17, 15) is 0 Å². The van der Waals surface area contributed by atoms with E-state index in [2.05, 4.69) is 47.8 Å². The molecule has 0 saturated carbocycles. The van der Waals surface area contributed by atoms with Crippen LogP contribution in [0, 0.1) is 5.92 Å². The number of hydrogen-bond acceptors (Lipinski definition) is 3. The molecular weight excluding hydrogens is 240 g/mol. The van der Waals surface area contributed by atoms with Crippen molar-refractivity contribution >= 4 is 11.3 Å². The van der Waals surface area contributed by atoms with Crippen molar-refractivity contribution in [2.24, 2.45) is 5.92 Å². The fourth-order valence-corrected chi connectivity index (χ4v) is 3.45. The van der Waals surface area contributed by atoms with E-state index >= 15 is 0 Å². The summed E-state index contributed by atoms with van der Waals surface area (Å²) in [6, 6.07) is 3.64. The largest absolute Gasteiger partial charge is 0.311 e. The monoisotopic (exact) mass is 266 g/mol. The van der Waals surface area contributed by atoms with Gasteiger partial charge in [-0.05, 0) is 41.1 Å². The van der Waals surface area contributed by atoms with Gasteiger partial charge in [0.25, 0.3) is 0 Å². The molecule has 0 spiro atoms. The Morgan fingerprint density at radius 3 is 2.94 bits per heavy atom. The number of thiophene rings is 1. The Morgan fingerprint density at radius 2 is 2.33 bits per heavy atom. The predicted octanol–water partition coefficient (Wildman–Crippen LogP) is 3.35. The Balaban J connectivity index is 1.99. The second-order valence-electron chi connectivity index (χ2n) is 5.86. The van der Waals surface area contributed by atoms with Crippen molar-refractivity contribution in [3.8, 4) is 0 Å². The van der Waals surface area contributed by atoms with E-state index in [4.69, 9.17) is 0 Å². The average molecular weight is 266 g/mol. The normalized spacial score (nSPS) is 25.8. The van der Waals surface area contributed by atoms with Gasteiger partial charge in [-0.3, -0.25) is 4.90 Å². The zero-order valence-electron chi connectivity index (χ0n) is 11.9. The van der Waals surface area contributed by atoms with Crippen LogP contribution in [-0.2, 0) is 6.54 Å². The van der Waals surface area contributed by atoms with Crippen LogP contribution in [0.4, 0.5) is 0 Å². The minimum absolute atomic E-state index is 0.673. The summed E-state index contributed by atoms with van der Waals surface area (Å²) in [5, 5.41) is 8.17. The molecule has 18 heavy (non-hydrogen) atoms. The standard InChI is InChI=1S/C15H26N2S/c1-4-14-10-17(9-13-5-6-18-11-13)15(8-16-14)7-12(2)3/h5-6,11-12,14-16H,4,7-10H2,1-3H3. The van der Waals surface area contributed by atoms with E-state index in [1.807, 2.05) is 11.3 Å². The summed E-state index contributed by atoms with van der Waals surface area (Å²) in [5.41, 5.74) is 1.48. The van der Waals surface area contributed by atoms with Crippen molar-refractivity contribution in [3.63, 3.8) is 0 Å². The summed E-state index contributed by atoms with van der Waals surface area (Å²) in [6.07, 6.45) is 2.53. The first kappa shape index (κ1) is 14.0. The Kier molecular flexibility index (Phi) is 5.22. The quantitative estimate of drug-likeness (QED) is 0.879.